The summed E-state index contributed by atoms with van der Waals surface area (Å²) in [5.74, 6) is 0.151. The smallest absolute Gasteiger partial charge is 0.244 e. The molecule has 0 heterocycles. The van der Waals surface area contributed by atoms with Crippen molar-refractivity contribution in [3.05, 3.63) is 53.6 Å². The highest BCUT2D eigenvalue weighted by Crippen LogP contribution is 2.26. The first-order valence-corrected chi connectivity index (χ1v) is 8.69. The molecule has 0 aromatic heterocycles. The summed E-state index contributed by atoms with van der Waals surface area (Å²) in [5.41, 5.74) is 3.32. The molecule has 0 saturated heterocycles. The molecule has 138 valence electrons. The highest BCUT2D eigenvalue weighted by atomic mass is 16.5. The monoisotopic (exact) mass is 354 g/mol. The Morgan fingerprint density at radius 2 is 1.81 bits per heavy atom. The zero-order valence-electron chi connectivity index (χ0n) is 16.0. The minimum Gasteiger partial charge on any atom is -0.489 e. The predicted molar refractivity (Wildman–Crippen MR) is 105 cm³/mol. The number of hydrogen-bond acceptors (Lipinski definition) is 3. The standard InChI is InChI=1S/C21H26N2O3/c1-14(2)26-20-9-7-6-8-18(20)22-21(25)13-23(17(5)24)19-12-15(3)10-11-16(19)4/h6-12,14H,13H2,1-5H3,(H,22,25). The lowest BCUT2D eigenvalue weighted by Crippen LogP contribution is -2.37. The summed E-state index contributed by atoms with van der Waals surface area (Å²) in [7, 11) is 0. The molecular formula is C21H26N2O3. The highest BCUT2D eigenvalue weighted by molar-refractivity contribution is 6.02. The van der Waals surface area contributed by atoms with E-state index in [2.05, 4.69) is 5.32 Å². The molecule has 5 heteroatoms. The fourth-order valence-electron chi connectivity index (χ4n) is 2.64. The number of carbonyl (C=O) groups is 2. The lowest BCUT2D eigenvalue weighted by Gasteiger charge is -2.23. The molecule has 0 aliphatic rings. The van der Waals surface area contributed by atoms with Crippen LogP contribution < -0.4 is 15.0 Å². The molecule has 26 heavy (non-hydrogen) atoms. The Bertz CT molecular complexity index is 800. The number of anilines is 2. The third kappa shape index (κ3) is 5.09. The van der Waals surface area contributed by atoms with Crippen molar-refractivity contribution >= 4 is 23.2 Å². The Morgan fingerprint density at radius 3 is 2.46 bits per heavy atom. The number of ether oxygens (including phenoxy) is 1. The maximum atomic E-state index is 12.6. The molecule has 0 spiro atoms. The van der Waals surface area contributed by atoms with Crippen LogP contribution in [0.1, 0.15) is 31.9 Å². The fraction of sp³-hybridized carbons (Fsp3) is 0.333. The number of hydrogen-bond donors (Lipinski definition) is 1. The van der Waals surface area contributed by atoms with Gasteiger partial charge in [-0.15, -0.1) is 0 Å². The van der Waals surface area contributed by atoms with Gasteiger partial charge >= 0.3 is 0 Å². The maximum absolute atomic E-state index is 12.6. The van der Waals surface area contributed by atoms with E-state index in [1.54, 1.807) is 6.07 Å². The number of carbonyl (C=O) groups excluding carboxylic acids is 2. The Hall–Kier alpha value is -2.82. The van der Waals surface area contributed by atoms with Crippen molar-refractivity contribution in [3.63, 3.8) is 0 Å². The number of nitrogens with one attached hydrogen (secondary N) is 1. The minimum atomic E-state index is -0.277. The van der Waals surface area contributed by atoms with Crippen molar-refractivity contribution in [2.45, 2.75) is 40.7 Å². The molecule has 2 rings (SSSR count). The molecule has 2 aromatic rings. The van der Waals surface area contributed by atoms with Crippen molar-refractivity contribution in [3.8, 4) is 5.75 Å². The number of amides is 2. The molecule has 0 aliphatic heterocycles. The van der Waals surface area contributed by atoms with Crippen LogP contribution in [-0.2, 0) is 9.59 Å². The van der Waals surface area contributed by atoms with Gasteiger partial charge in [-0.25, -0.2) is 0 Å². The summed E-state index contributed by atoms with van der Waals surface area (Å²) in [5, 5.41) is 2.85. The average molecular weight is 354 g/mol. The fourth-order valence-corrected chi connectivity index (χ4v) is 2.64. The van der Waals surface area contributed by atoms with Crippen molar-refractivity contribution in [2.75, 3.05) is 16.8 Å². The maximum Gasteiger partial charge on any atom is 0.244 e. The Morgan fingerprint density at radius 1 is 1.12 bits per heavy atom. The molecule has 0 aliphatic carbocycles. The summed E-state index contributed by atoms with van der Waals surface area (Å²) < 4.78 is 5.72. The SMILES string of the molecule is CC(=O)N(CC(=O)Nc1ccccc1OC(C)C)c1cc(C)ccc1C. The van der Waals surface area contributed by atoms with E-state index >= 15 is 0 Å². The summed E-state index contributed by atoms with van der Waals surface area (Å²) in [6.07, 6.45) is -0.00304. The van der Waals surface area contributed by atoms with Gasteiger partial charge in [0, 0.05) is 12.6 Å². The van der Waals surface area contributed by atoms with Crippen molar-refractivity contribution in [2.24, 2.45) is 0 Å². The molecule has 0 saturated carbocycles. The quantitative estimate of drug-likeness (QED) is 0.850. The van der Waals surface area contributed by atoms with Crippen LogP contribution in [0.5, 0.6) is 5.75 Å². The zero-order chi connectivity index (χ0) is 19.3. The van der Waals surface area contributed by atoms with E-state index in [9.17, 15) is 9.59 Å². The second kappa shape index (κ2) is 8.52. The van der Waals surface area contributed by atoms with Gasteiger partial charge in [-0.3, -0.25) is 9.59 Å². The van der Waals surface area contributed by atoms with Crippen LogP contribution >= 0.6 is 0 Å². The molecule has 5 nitrogen and oxygen atoms in total. The lowest BCUT2D eigenvalue weighted by molar-refractivity contribution is -0.120. The van der Waals surface area contributed by atoms with Gasteiger partial charge in [-0.2, -0.15) is 0 Å². The van der Waals surface area contributed by atoms with E-state index in [0.29, 0.717) is 11.4 Å². The van der Waals surface area contributed by atoms with Gasteiger partial charge in [0.05, 0.1) is 11.8 Å². The first kappa shape index (κ1) is 19.5. The molecule has 0 atom stereocenters. The molecule has 2 amide bonds. The van der Waals surface area contributed by atoms with E-state index in [-0.39, 0.29) is 24.5 Å². The van der Waals surface area contributed by atoms with Crippen LogP contribution in [0.15, 0.2) is 42.5 Å². The third-order valence-electron chi connectivity index (χ3n) is 3.86. The lowest BCUT2D eigenvalue weighted by atomic mass is 10.1. The van der Waals surface area contributed by atoms with Gasteiger partial charge in [0.1, 0.15) is 12.3 Å². The second-order valence-corrected chi connectivity index (χ2v) is 6.61. The van der Waals surface area contributed by atoms with E-state index in [4.69, 9.17) is 4.74 Å². The molecule has 0 radical (unpaired) electrons. The molecule has 2 aromatic carbocycles. The van der Waals surface area contributed by atoms with Crippen molar-refractivity contribution in [1.82, 2.24) is 0 Å². The zero-order valence-corrected chi connectivity index (χ0v) is 16.0. The van der Waals surface area contributed by atoms with E-state index in [0.717, 1.165) is 16.8 Å². The molecule has 1 N–H and O–H groups in total. The van der Waals surface area contributed by atoms with Gasteiger partial charge in [0.25, 0.3) is 0 Å². The van der Waals surface area contributed by atoms with E-state index < -0.39 is 0 Å². The second-order valence-electron chi connectivity index (χ2n) is 6.61. The third-order valence-corrected chi connectivity index (χ3v) is 3.86. The normalized spacial score (nSPS) is 10.5. The largest absolute Gasteiger partial charge is 0.489 e. The number of para-hydroxylation sites is 2. The first-order chi connectivity index (χ1) is 12.3. The van der Waals surface area contributed by atoms with Crippen LogP contribution in [0.4, 0.5) is 11.4 Å². The van der Waals surface area contributed by atoms with Gasteiger partial charge in [0.15, 0.2) is 0 Å². The summed E-state index contributed by atoms with van der Waals surface area (Å²) in [6, 6.07) is 13.1. The van der Waals surface area contributed by atoms with Gasteiger partial charge in [-0.05, 0) is 57.0 Å². The molecule has 0 unspecified atom stereocenters. The van der Waals surface area contributed by atoms with Crippen LogP contribution in [0, 0.1) is 13.8 Å². The summed E-state index contributed by atoms with van der Waals surface area (Å²) in [6.45, 7) is 9.14. The Balaban J connectivity index is 2.19. The van der Waals surface area contributed by atoms with E-state index in [1.165, 1.54) is 11.8 Å². The summed E-state index contributed by atoms with van der Waals surface area (Å²) >= 11 is 0. The van der Waals surface area contributed by atoms with Crippen LogP contribution in [-0.4, -0.2) is 24.5 Å². The summed E-state index contributed by atoms with van der Waals surface area (Å²) in [4.78, 5) is 26.2. The van der Waals surface area contributed by atoms with Gasteiger partial charge in [0.2, 0.25) is 11.8 Å². The average Bonchev–Trinajstić information content (AvgIpc) is 2.56. The van der Waals surface area contributed by atoms with Crippen molar-refractivity contribution in [1.29, 1.82) is 0 Å². The van der Waals surface area contributed by atoms with Crippen LogP contribution in [0.25, 0.3) is 0 Å². The van der Waals surface area contributed by atoms with Gasteiger partial charge in [-0.1, -0.05) is 24.3 Å². The number of rotatable bonds is 6. The predicted octanol–water partition coefficient (Wildman–Crippen LogP) is 4.08. The van der Waals surface area contributed by atoms with Gasteiger partial charge < -0.3 is 15.0 Å². The molecular weight excluding hydrogens is 328 g/mol. The number of benzene rings is 2. The number of nitrogens with zero attached hydrogens (tertiary/aromatic N) is 1. The minimum absolute atomic E-state index is 0.00304. The Kier molecular flexibility index (Phi) is 6.39. The number of aryl methyl sites for hydroxylation is 2. The molecule has 0 fully saturated rings. The van der Waals surface area contributed by atoms with E-state index in [1.807, 2.05) is 64.1 Å². The first-order valence-electron chi connectivity index (χ1n) is 8.69. The van der Waals surface area contributed by atoms with Crippen molar-refractivity contribution < 1.29 is 14.3 Å². The van der Waals surface area contributed by atoms with Crippen LogP contribution in [0.2, 0.25) is 0 Å². The Labute approximate surface area is 155 Å². The topological polar surface area (TPSA) is 58.6 Å². The molecule has 0 bridgehead atoms. The van der Waals surface area contributed by atoms with Crippen LogP contribution in [0.3, 0.4) is 0 Å². The highest BCUT2D eigenvalue weighted by Gasteiger charge is 2.19.